The summed E-state index contributed by atoms with van der Waals surface area (Å²) in [5.41, 5.74) is 1.14. The molecule has 1 saturated heterocycles. The molecule has 0 saturated carbocycles. The molecule has 0 bridgehead atoms. The topological polar surface area (TPSA) is 88.5 Å². The van der Waals surface area contributed by atoms with Crippen LogP contribution < -0.4 is 14.2 Å². The van der Waals surface area contributed by atoms with Crippen molar-refractivity contribution in [2.24, 2.45) is 0 Å². The number of ether oxygens (including phenoxy) is 3. The van der Waals surface area contributed by atoms with E-state index in [2.05, 4.69) is 25.7 Å². The van der Waals surface area contributed by atoms with Crippen molar-refractivity contribution >= 4 is 17.4 Å². The number of ketones is 1. The molecule has 1 fully saturated rings. The summed E-state index contributed by atoms with van der Waals surface area (Å²) in [4.78, 5) is 30.3. The number of likely N-dealkylation sites (N-methyl/N-ethyl adjacent to an activating group) is 1. The molecule has 0 aromatic heterocycles. The van der Waals surface area contributed by atoms with Crippen molar-refractivity contribution in [1.82, 2.24) is 9.80 Å². The van der Waals surface area contributed by atoms with E-state index < -0.39 is 17.7 Å². The highest BCUT2D eigenvalue weighted by molar-refractivity contribution is 6.46. The van der Waals surface area contributed by atoms with E-state index in [-0.39, 0.29) is 11.3 Å². The second-order valence-electron chi connectivity index (χ2n) is 8.86. The van der Waals surface area contributed by atoms with Crippen molar-refractivity contribution in [3.05, 3.63) is 59.2 Å². The lowest BCUT2D eigenvalue weighted by molar-refractivity contribution is -0.140. The zero-order valence-corrected chi connectivity index (χ0v) is 22.5. The molecule has 1 atom stereocenters. The number of unbranched alkanes of at least 4 members (excludes halogenated alkanes) is 1. The van der Waals surface area contributed by atoms with E-state index in [1.165, 1.54) is 0 Å². The largest absolute Gasteiger partial charge is 0.507 e. The molecule has 2 aromatic rings. The average Bonchev–Trinajstić information content (AvgIpc) is 3.18. The highest BCUT2D eigenvalue weighted by atomic mass is 16.5. The maximum atomic E-state index is 13.3. The minimum atomic E-state index is -0.767. The number of carbonyl (C=O) groups is 2. The van der Waals surface area contributed by atoms with E-state index in [0.717, 1.165) is 25.9 Å². The van der Waals surface area contributed by atoms with Crippen LogP contribution in [0.1, 0.15) is 50.8 Å². The van der Waals surface area contributed by atoms with Gasteiger partial charge in [-0.05, 0) is 61.5 Å². The first kappa shape index (κ1) is 28.1. The van der Waals surface area contributed by atoms with Crippen molar-refractivity contribution in [3.63, 3.8) is 0 Å². The Hall–Kier alpha value is -3.52. The Morgan fingerprint density at radius 2 is 1.68 bits per heavy atom. The molecule has 1 amide bonds. The van der Waals surface area contributed by atoms with Gasteiger partial charge in [0, 0.05) is 18.7 Å². The van der Waals surface area contributed by atoms with Gasteiger partial charge in [-0.3, -0.25) is 9.59 Å². The van der Waals surface area contributed by atoms with Crippen molar-refractivity contribution in [2.45, 2.75) is 39.7 Å². The Bertz CT molecular complexity index is 1110. The third kappa shape index (κ3) is 6.25. The molecule has 1 aliphatic heterocycles. The third-order valence-electron chi connectivity index (χ3n) is 6.71. The van der Waals surface area contributed by atoms with Crippen LogP contribution in [0.3, 0.4) is 0 Å². The molecule has 200 valence electrons. The van der Waals surface area contributed by atoms with Gasteiger partial charge in [-0.25, -0.2) is 0 Å². The number of likely N-dealkylation sites (tertiary alicyclic amines) is 1. The van der Waals surface area contributed by atoms with Gasteiger partial charge in [-0.2, -0.15) is 0 Å². The zero-order valence-electron chi connectivity index (χ0n) is 22.5. The van der Waals surface area contributed by atoms with Gasteiger partial charge < -0.3 is 29.1 Å². The number of aliphatic hydroxyl groups is 1. The number of hydrogen-bond acceptors (Lipinski definition) is 7. The Morgan fingerprint density at radius 3 is 2.27 bits per heavy atom. The van der Waals surface area contributed by atoms with Gasteiger partial charge in [0.25, 0.3) is 11.7 Å². The van der Waals surface area contributed by atoms with Gasteiger partial charge in [0.2, 0.25) is 0 Å². The van der Waals surface area contributed by atoms with Gasteiger partial charge in [-0.1, -0.05) is 33.3 Å². The van der Waals surface area contributed by atoms with Gasteiger partial charge in [0.1, 0.15) is 11.5 Å². The van der Waals surface area contributed by atoms with Crippen LogP contribution in [0.25, 0.3) is 5.76 Å². The summed E-state index contributed by atoms with van der Waals surface area (Å²) in [5, 5.41) is 11.3. The highest BCUT2D eigenvalue weighted by Gasteiger charge is 2.46. The molecule has 3 rings (SSSR count). The first-order chi connectivity index (χ1) is 17.9. The summed E-state index contributed by atoms with van der Waals surface area (Å²) in [6.45, 7) is 9.37. The molecule has 1 heterocycles. The molecule has 1 unspecified atom stereocenters. The van der Waals surface area contributed by atoms with Gasteiger partial charge in [0.15, 0.2) is 11.5 Å². The Labute approximate surface area is 219 Å². The Morgan fingerprint density at radius 1 is 0.973 bits per heavy atom. The monoisotopic (exact) mass is 510 g/mol. The molecule has 8 nitrogen and oxygen atoms in total. The predicted molar refractivity (Wildman–Crippen MR) is 143 cm³/mol. The second kappa shape index (κ2) is 13.1. The molecular formula is C29H38N2O6. The first-order valence-corrected chi connectivity index (χ1v) is 12.9. The van der Waals surface area contributed by atoms with Gasteiger partial charge >= 0.3 is 0 Å². The van der Waals surface area contributed by atoms with Crippen LogP contribution in [0.4, 0.5) is 0 Å². The number of amides is 1. The van der Waals surface area contributed by atoms with Gasteiger partial charge in [-0.15, -0.1) is 0 Å². The molecule has 0 radical (unpaired) electrons. The van der Waals surface area contributed by atoms with Crippen LogP contribution in [0.5, 0.6) is 17.2 Å². The Balaban J connectivity index is 2.09. The standard InChI is InChI=1S/C29H38N2O6/c1-6-9-18-37-23-15-12-21(19-24(23)36-5)26-25(27(32)20-10-13-22(35-4)14-11-20)28(33)29(34)31(26)17-16-30(7-2)8-3/h10-15,19,26,32H,6-9,16-18H2,1-5H3. The SMILES string of the molecule is CCCCOc1ccc(C2C(=C(O)c3ccc(OC)cc3)C(=O)C(=O)N2CCN(CC)CC)cc1OC. The number of Topliss-reactive ketones (excluding diaryl/α,β-unsaturated/α-hetero) is 1. The van der Waals surface area contributed by atoms with Gasteiger partial charge in [0.05, 0.1) is 32.4 Å². The summed E-state index contributed by atoms with van der Waals surface area (Å²) >= 11 is 0. The fourth-order valence-corrected chi connectivity index (χ4v) is 4.45. The number of benzene rings is 2. The summed E-state index contributed by atoms with van der Waals surface area (Å²) in [5.74, 6) is 0.159. The Kier molecular flexibility index (Phi) is 9.97. The molecule has 0 spiro atoms. The lowest BCUT2D eigenvalue weighted by Crippen LogP contribution is -2.38. The quantitative estimate of drug-likeness (QED) is 0.182. The van der Waals surface area contributed by atoms with Crippen molar-refractivity contribution < 1.29 is 28.9 Å². The molecule has 1 N–H and O–H groups in total. The number of rotatable bonds is 13. The van der Waals surface area contributed by atoms with E-state index in [0.29, 0.717) is 48.1 Å². The average molecular weight is 511 g/mol. The minimum Gasteiger partial charge on any atom is -0.507 e. The van der Waals surface area contributed by atoms with E-state index in [9.17, 15) is 14.7 Å². The summed E-state index contributed by atoms with van der Waals surface area (Å²) < 4.78 is 16.7. The first-order valence-electron chi connectivity index (χ1n) is 12.9. The normalized spacial score (nSPS) is 16.9. The number of hydrogen-bond donors (Lipinski definition) is 1. The van der Waals surface area contributed by atoms with Crippen LogP contribution in [0.15, 0.2) is 48.0 Å². The smallest absolute Gasteiger partial charge is 0.295 e. The van der Waals surface area contributed by atoms with Crippen molar-refractivity contribution in [2.75, 3.05) is 47.0 Å². The molecule has 2 aromatic carbocycles. The van der Waals surface area contributed by atoms with Crippen LogP contribution in [0.2, 0.25) is 0 Å². The molecule has 8 heteroatoms. The molecular weight excluding hydrogens is 472 g/mol. The fourth-order valence-electron chi connectivity index (χ4n) is 4.45. The number of aliphatic hydroxyl groups excluding tert-OH is 1. The zero-order chi connectivity index (χ0) is 26.9. The van der Waals surface area contributed by atoms with Crippen LogP contribution in [-0.2, 0) is 9.59 Å². The van der Waals surface area contributed by atoms with E-state index in [1.54, 1.807) is 55.5 Å². The van der Waals surface area contributed by atoms with Crippen LogP contribution >= 0.6 is 0 Å². The summed E-state index contributed by atoms with van der Waals surface area (Å²) in [7, 11) is 3.11. The van der Waals surface area contributed by atoms with Crippen molar-refractivity contribution in [3.8, 4) is 17.2 Å². The van der Waals surface area contributed by atoms with E-state index >= 15 is 0 Å². The van der Waals surface area contributed by atoms with Crippen molar-refractivity contribution in [1.29, 1.82) is 0 Å². The third-order valence-corrected chi connectivity index (χ3v) is 6.71. The second-order valence-corrected chi connectivity index (χ2v) is 8.86. The maximum absolute atomic E-state index is 13.3. The molecule has 1 aliphatic rings. The summed E-state index contributed by atoms with van der Waals surface area (Å²) in [6, 6.07) is 11.4. The van der Waals surface area contributed by atoms with E-state index in [1.807, 2.05) is 6.07 Å². The predicted octanol–water partition coefficient (Wildman–Crippen LogP) is 4.65. The lowest BCUT2D eigenvalue weighted by Gasteiger charge is -2.28. The number of nitrogens with zero attached hydrogens (tertiary/aromatic N) is 2. The molecule has 37 heavy (non-hydrogen) atoms. The van der Waals surface area contributed by atoms with Crippen LogP contribution in [0, 0.1) is 0 Å². The highest BCUT2D eigenvalue weighted by Crippen LogP contribution is 2.42. The summed E-state index contributed by atoms with van der Waals surface area (Å²) in [6.07, 6.45) is 1.92. The fraction of sp³-hybridized carbons (Fsp3) is 0.448. The number of methoxy groups -OCH3 is 2. The molecule has 0 aliphatic carbocycles. The minimum absolute atomic E-state index is 0.0522. The number of carbonyl (C=O) groups excluding carboxylic acids is 2. The van der Waals surface area contributed by atoms with Crippen LogP contribution in [-0.4, -0.2) is 73.6 Å². The lowest BCUT2D eigenvalue weighted by atomic mass is 9.95. The van der Waals surface area contributed by atoms with E-state index in [4.69, 9.17) is 14.2 Å². The maximum Gasteiger partial charge on any atom is 0.295 e.